The minimum atomic E-state index is -0.984. The second-order valence-electron chi connectivity index (χ2n) is 5.21. The third kappa shape index (κ3) is 5.26. The van der Waals surface area contributed by atoms with Gasteiger partial charge < -0.3 is 14.6 Å². The molecule has 126 valence electrons. The summed E-state index contributed by atoms with van der Waals surface area (Å²) in [7, 11) is 0. The van der Waals surface area contributed by atoms with Crippen LogP contribution in [0.5, 0.6) is 11.5 Å². The molecule has 24 heavy (non-hydrogen) atoms. The van der Waals surface area contributed by atoms with E-state index in [-0.39, 0.29) is 0 Å². The Morgan fingerprint density at radius 3 is 2.54 bits per heavy atom. The van der Waals surface area contributed by atoms with E-state index in [4.69, 9.17) is 14.6 Å². The fourth-order valence-electron chi connectivity index (χ4n) is 2.09. The molecule has 5 heteroatoms. The summed E-state index contributed by atoms with van der Waals surface area (Å²) >= 11 is 2.17. The zero-order chi connectivity index (χ0) is 17.5. The molecule has 1 N–H and O–H groups in total. The first-order chi connectivity index (χ1) is 11.5. The Balaban J connectivity index is 2.23. The number of halogens is 1. The molecule has 2 rings (SSSR count). The van der Waals surface area contributed by atoms with Gasteiger partial charge in [-0.1, -0.05) is 29.8 Å². The van der Waals surface area contributed by atoms with Crippen molar-refractivity contribution >= 4 is 34.6 Å². The summed E-state index contributed by atoms with van der Waals surface area (Å²) < 4.78 is 12.5. The van der Waals surface area contributed by atoms with Gasteiger partial charge in [0.05, 0.1) is 10.2 Å². The van der Waals surface area contributed by atoms with Crippen molar-refractivity contribution in [1.29, 1.82) is 0 Å². The standard InChI is InChI=1S/C19H19IO4/c1-3-23-17-11-15(8-9-18(21)22)10-16(20)19(17)24-12-14-6-4-13(2)5-7-14/h4-11H,3,12H2,1-2H3,(H,21,22)/b9-8+. The van der Waals surface area contributed by atoms with Crippen molar-refractivity contribution in [1.82, 2.24) is 0 Å². The summed E-state index contributed by atoms with van der Waals surface area (Å²) in [6.45, 7) is 4.89. The largest absolute Gasteiger partial charge is 0.490 e. The Morgan fingerprint density at radius 2 is 1.92 bits per heavy atom. The molecule has 2 aromatic carbocycles. The van der Waals surface area contributed by atoms with Crippen LogP contribution in [-0.2, 0) is 11.4 Å². The molecule has 0 radical (unpaired) electrons. The van der Waals surface area contributed by atoms with Gasteiger partial charge in [-0.2, -0.15) is 0 Å². The molecule has 0 aliphatic carbocycles. The number of aliphatic carboxylic acids is 1. The van der Waals surface area contributed by atoms with Gasteiger partial charge in [0.25, 0.3) is 0 Å². The van der Waals surface area contributed by atoms with E-state index >= 15 is 0 Å². The lowest BCUT2D eigenvalue weighted by atomic mass is 10.1. The van der Waals surface area contributed by atoms with Gasteiger partial charge in [0.15, 0.2) is 11.5 Å². The summed E-state index contributed by atoms with van der Waals surface area (Å²) in [5.74, 6) is 0.301. The lowest BCUT2D eigenvalue weighted by molar-refractivity contribution is -0.131. The molecule has 0 atom stereocenters. The van der Waals surface area contributed by atoms with E-state index < -0.39 is 5.97 Å². The summed E-state index contributed by atoms with van der Waals surface area (Å²) in [5, 5.41) is 8.76. The maximum absolute atomic E-state index is 10.7. The maximum atomic E-state index is 10.7. The van der Waals surface area contributed by atoms with Crippen molar-refractivity contribution in [2.24, 2.45) is 0 Å². The molecule has 0 amide bonds. The number of carboxylic acids is 1. The van der Waals surface area contributed by atoms with Crippen LogP contribution in [0.25, 0.3) is 6.08 Å². The van der Waals surface area contributed by atoms with Crippen LogP contribution in [0, 0.1) is 10.5 Å². The number of aryl methyl sites for hydroxylation is 1. The van der Waals surface area contributed by atoms with Crippen LogP contribution in [0.15, 0.2) is 42.5 Å². The van der Waals surface area contributed by atoms with Crippen LogP contribution in [-0.4, -0.2) is 17.7 Å². The molecule has 0 saturated heterocycles. The highest BCUT2D eigenvalue weighted by Gasteiger charge is 2.12. The van der Waals surface area contributed by atoms with Gasteiger partial charge in [-0.05, 0) is 65.8 Å². The van der Waals surface area contributed by atoms with E-state index in [0.717, 1.165) is 20.8 Å². The van der Waals surface area contributed by atoms with E-state index in [1.165, 1.54) is 11.6 Å². The molecule has 0 unspecified atom stereocenters. The van der Waals surface area contributed by atoms with Gasteiger partial charge in [0.2, 0.25) is 0 Å². The minimum absolute atomic E-state index is 0.445. The lowest BCUT2D eigenvalue weighted by Gasteiger charge is -2.15. The SMILES string of the molecule is CCOc1cc(/C=C/C(=O)O)cc(I)c1OCc1ccc(C)cc1. The number of carboxylic acid groups (broad SMARTS) is 1. The summed E-state index contributed by atoms with van der Waals surface area (Å²) in [6, 6.07) is 11.8. The molecule has 4 nitrogen and oxygen atoms in total. The zero-order valence-electron chi connectivity index (χ0n) is 13.6. The van der Waals surface area contributed by atoms with Crippen LogP contribution in [0.2, 0.25) is 0 Å². The quantitative estimate of drug-likeness (QED) is 0.504. The predicted molar refractivity (Wildman–Crippen MR) is 103 cm³/mol. The highest BCUT2D eigenvalue weighted by Crippen LogP contribution is 2.35. The predicted octanol–water partition coefficient (Wildman–Crippen LogP) is 4.68. The van der Waals surface area contributed by atoms with Gasteiger partial charge in [0.1, 0.15) is 6.61 Å². The van der Waals surface area contributed by atoms with Crippen molar-refractivity contribution in [2.45, 2.75) is 20.5 Å². The van der Waals surface area contributed by atoms with Crippen molar-refractivity contribution in [3.63, 3.8) is 0 Å². The van der Waals surface area contributed by atoms with Crippen molar-refractivity contribution in [3.8, 4) is 11.5 Å². The Labute approximate surface area is 155 Å². The Hall–Kier alpha value is -2.02. The summed E-state index contributed by atoms with van der Waals surface area (Å²) in [5.41, 5.74) is 3.04. The smallest absolute Gasteiger partial charge is 0.328 e. The first kappa shape index (κ1) is 18.3. The normalized spacial score (nSPS) is 10.8. The molecule has 0 saturated carbocycles. The topological polar surface area (TPSA) is 55.8 Å². The van der Waals surface area contributed by atoms with Crippen LogP contribution in [0.1, 0.15) is 23.6 Å². The molecule has 0 aliphatic rings. The second kappa shape index (κ2) is 8.73. The second-order valence-corrected chi connectivity index (χ2v) is 6.37. The Bertz CT molecular complexity index is 736. The number of rotatable bonds is 7. The fraction of sp³-hybridized carbons (Fsp3) is 0.211. The molecule has 0 aromatic heterocycles. The maximum Gasteiger partial charge on any atom is 0.328 e. The van der Waals surface area contributed by atoms with Gasteiger partial charge >= 0.3 is 5.97 Å². The average molecular weight is 438 g/mol. The van der Waals surface area contributed by atoms with Gasteiger partial charge in [-0.15, -0.1) is 0 Å². The molecule has 0 heterocycles. The third-order valence-corrected chi connectivity index (χ3v) is 4.06. The van der Waals surface area contributed by atoms with E-state index in [1.807, 2.05) is 44.2 Å². The van der Waals surface area contributed by atoms with Crippen molar-refractivity contribution in [2.75, 3.05) is 6.61 Å². The third-order valence-electron chi connectivity index (χ3n) is 3.25. The number of hydrogen-bond donors (Lipinski definition) is 1. The van der Waals surface area contributed by atoms with Gasteiger partial charge in [-0.25, -0.2) is 4.79 Å². The summed E-state index contributed by atoms with van der Waals surface area (Å²) in [6.07, 6.45) is 2.64. The first-order valence-corrected chi connectivity index (χ1v) is 8.63. The van der Waals surface area contributed by atoms with Crippen LogP contribution in [0.4, 0.5) is 0 Å². The van der Waals surface area contributed by atoms with Crippen LogP contribution < -0.4 is 9.47 Å². The Kier molecular flexibility index (Phi) is 6.66. The molecule has 2 aromatic rings. The number of ether oxygens (including phenoxy) is 2. The van der Waals surface area contributed by atoms with Crippen molar-refractivity contribution in [3.05, 3.63) is 62.7 Å². The first-order valence-electron chi connectivity index (χ1n) is 7.55. The molecular formula is C19H19IO4. The highest BCUT2D eigenvalue weighted by molar-refractivity contribution is 14.1. The van der Waals surface area contributed by atoms with Gasteiger partial charge in [-0.3, -0.25) is 0 Å². The van der Waals surface area contributed by atoms with E-state index in [2.05, 4.69) is 22.6 Å². The van der Waals surface area contributed by atoms with Crippen molar-refractivity contribution < 1.29 is 19.4 Å². The molecule has 0 fully saturated rings. The fourth-order valence-corrected chi connectivity index (χ4v) is 2.88. The Morgan fingerprint density at radius 1 is 1.21 bits per heavy atom. The molecule has 0 bridgehead atoms. The number of hydrogen-bond acceptors (Lipinski definition) is 3. The highest BCUT2D eigenvalue weighted by atomic mass is 127. The lowest BCUT2D eigenvalue weighted by Crippen LogP contribution is -2.02. The van der Waals surface area contributed by atoms with E-state index in [9.17, 15) is 4.79 Å². The molecular weight excluding hydrogens is 419 g/mol. The monoisotopic (exact) mass is 438 g/mol. The number of benzene rings is 2. The average Bonchev–Trinajstić information content (AvgIpc) is 2.54. The zero-order valence-corrected chi connectivity index (χ0v) is 15.7. The van der Waals surface area contributed by atoms with E-state index in [0.29, 0.717) is 24.7 Å². The number of carbonyl (C=O) groups is 1. The summed E-state index contributed by atoms with van der Waals surface area (Å²) in [4.78, 5) is 10.7. The van der Waals surface area contributed by atoms with Crippen LogP contribution in [0.3, 0.4) is 0 Å². The molecule has 0 spiro atoms. The minimum Gasteiger partial charge on any atom is -0.490 e. The van der Waals surface area contributed by atoms with Crippen LogP contribution >= 0.6 is 22.6 Å². The van der Waals surface area contributed by atoms with Gasteiger partial charge in [0, 0.05) is 6.08 Å². The molecule has 0 aliphatic heterocycles. The van der Waals surface area contributed by atoms with E-state index in [1.54, 1.807) is 6.07 Å².